The average molecular weight is 345 g/mol. The first-order valence-electron chi connectivity index (χ1n) is 7.03. The molecule has 2 rings (SSSR count). The SMILES string of the molecule is C#CCOC(=O)/C=C/c1ccc(OCc2cccc(F)c2)c(Cl)c1. The van der Waals surface area contributed by atoms with Gasteiger partial charge in [-0.25, -0.2) is 9.18 Å². The smallest absolute Gasteiger partial charge is 0.331 e. The van der Waals surface area contributed by atoms with E-state index < -0.39 is 5.97 Å². The highest BCUT2D eigenvalue weighted by Gasteiger charge is 2.04. The van der Waals surface area contributed by atoms with Crippen LogP contribution in [0, 0.1) is 18.2 Å². The third-order valence-corrected chi connectivity index (χ3v) is 3.24. The molecule has 122 valence electrons. The van der Waals surface area contributed by atoms with Crippen molar-refractivity contribution in [3.8, 4) is 18.1 Å². The zero-order valence-electron chi connectivity index (χ0n) is 12.7. The van der Waals surface area contributed by atoms with Crippen LogP contribution in [0.25, 0.3) is 6.08 Å². The molecule has 0 aliphatic carbocycles. The van der Waals surface area contributed by atoms with Crippen LogP contribution in [0.4, 0.5) is 4.39 Å². The fourth-order valence-corrected chi connectivity index (χ4v) is 2.09. The second kappa shape index (κ2) is 8.76. The Kier molecular flexibility index (Phi) is 6.41. The van der Waals surface area contributed by atoms with Crippen molar-refractivity contribution in [2.45, 2.75) is 6.61 Å². The summed E-state index contributed by atoms with van der Waals surface area (Å²) < 4.78 is 23.4. The van der Waals surface area contributed by atoms with Crippen molar-refractivity contribution in [3.05, 3.63) is 70.5 Å². The van der Waals surface area contributed by atoms with Gasteiger partial charge in [0.2, 0.25) is 0 Å². The molecule has 0 unspecified atom stereocenters. The fourth-order valence-electron chi connectivity index (χ4n) is 1.85. The molecule has 0 amide bonds. The molecule has 0 saturated carbocycles. The largest absolute Gasteiger partial charge is 0.487 e. The van der Waals surface area contributed by atoms with Gasteiger partial charge in [-0.2, -0.15) is 0 Å². The Hall–Kier alpha value is -2.77. The molecule has 0 aromatic heterocycles. The Labute approximate surface area is 144 Å². The summed E-state index contributed by atoms with van der Waals surface area (Å²) in [4.78, 5) is 11.3. The maximum absolute atomic E-state index is 13.1. The van der Waals surface area contributed by atoms with Crippen molar-refractivity contribution in [1.82, 2.24) is 0 Å². The Morgan fingerprint density at radius 2 is 2.12 bits per heavy atom. The number of halogens is 2. The van der Waals surface area contributed by atoms with Crippen molar-refractivity contribution in [1.29, 1.82) is 0 Å². The van der Waals surface area contributed by atoms with Crippen molar-refractivity contribution >= 4 is 23.6 Å². The van der Waals surface area contributed by atoms with E-state index in [-0.39, 0.29) is 19.0 Å². The number of hydrogen-bond acceptors (Lipinski definition) is 3. The predicted octanol–water partition coefficient (Wildman–Crippen LogP) is 4.25. The van der Waals surface area contributed by atoms with Crippen molar-refractivity contribution in [3.63, 3.8) is 0 Å². The van der Waals surface area contributed by atoms with Gasteiger partial charge in [-0.3, -0.25) is 0 Å². The molecule has 3 nitrogen and oxygen atoms in total. The van der Waals surface area contributed by atoms with Gasteiger partial charge < -0.3 is 9.47 Å². The Morgan fingerprint density at radius 3 is 2.83 bits per heavy atom. The highest BCUT2D eigenvalue weighted by Crippen LogP contribution is 2.27. The highest BCUT2D eigenvalue weighted by atomic mass is 35.5. The van der Waals surface area contributed by atoms with Crippen LogP contribution < -0.4 is 4.74 Å². The summed E-state index contributed by atoms with van der Waals surface area (Å²) in [5, 5.41) is 0.380. The monoisotopic (exact) mass is 344 g/mol. The van der Waals surface area contributed by atoms with Crippen LogP contribution in [0.3, 0.4) is 0 Å². The first-order chi connectivity index (χ1) is 11.6. The van der Waals surface area contributed by atoms with Crippen molar-refractivity contribution in [2.24, 2.45) is 0 Å². The maximum atomic E-state index is 13.1. The molecule has 0 heterocycles. The van der Waals surface area contributed by atoms with Gasteiger partial charge in [0.05, 0.1) is 5.02 Å². The molecule has 5 heteroatoms. The van der Waals surface area contributed by atoms with Crippen LogP contribution in [0.2, 0.25) is 5.02 Å². The van der Waals surface area contributed by atoms with Gasteiger partial charge in [-0.15, -0.1) is 6.42 Å². The van der Waals surface area contributed by atoms with Gasteiger partial charge in [0.15, 0.2) is 6.61 Å². The lowest BCUT2D eigenvalue weighted by atomic mass is 10.2. The number of rotatable bonds is 6. The lowest BCUT2D eigenvalue weighted by Crippen LogP contribution is -1.99. The minimum absolute atomic E-state index is 0.0726. The van der Waals surface area contributed by atoms with E-state index in [1.807, 2.05) is 0 Å². The maximum Gasteiger partial charge on any atom is 0.331 e. The third-order valence-electron chi connectivity index (χ3n) is 2.95. The minimum Gasteiger partial charge on any atom is -0.487 e. The summed E-state index contributed by atoms with van der Waals surface area (Å²) in [6.07, 6.45) is 7.81. The second-order valence-electron chi connectivity index (χ2n) is 4.75. The molecule has 0 radical (unpaired) electrons. The van der Waals surface area contributed by atoms with Crippen LogP contribution in [0.15, 0.2) is 48.5 Å². The van der Waals surface area contributed by atoms with E-state index >= 15 is 0 Å². The summed E-state index contributed by atoms with van der Waals surface area (Å²) in [5.41, 5.74) is 1.40. The zero-order chi connectivity index (χ0) is 17.4. The van der Waals surface area contributed by atoms with E-state index in [1.165, 1.54) is 18.2 Å². The first-order valence-corrected chi connectivity index (χ1v) is 7.41. The number of benzene rings is 2. The molecular weight excluding hydrogens is 331 g/mol. The summed E-state index contributed by atoms with van der Waals surface area (Å²) in [6.45, 7) is 0.127. The summed E-state index contributed by atoms with van der Waals surface area (Å²) in [6, 6.07) is 11.2. The van der Waals surface area contributed by atoms with Gasteiger partial charge in [0, 0.05) is 6.08 Å². The Balaban J connectivity index is 1.98. The Morgan fingerprint density at radius 1 is 1.29 bits per heavy atom. The molecule has 0 spiro atoms. The molecule has 24 heavy (non-hydrogen) atoms. The predicted molar refractivity (Wildman–Crippen MR) is 91.0 cm³/mol. The third kappa shape index (κ3) is 5.45. The number of esters is 1. The number of ether oxygens (including phenoxy) is 2. The second-order valence-corrected chi connectivity index (χ2v) is 5.16. The van der Waals surface area contributed by atoms with Gasteiger partial charge in [0.25, 0.3) is 0 Å². The lowest BCUT2D eigenvalue weighted by molar-refractivity contribution is -0.136. The first kappa shape index (κ1) is 17.6. The topological polar surface area (TPSA) is 35.5 Å². The van der Waals surface area contributed by atoms with Crippen molar-refractivity contribution in [2.75, 3.05) is 6.61 Å². The van der Waals surface area contributed by atoms with Crippen LogP contribution >= 0.6 is 11.6 Å². The van der Waals surface area contributed by atoms with Gasteiger partial charge in [-0.1, -0.05) is 35.7 Å². The zero-order valence-corrected chi connectivity index (χ0v) is 13.4. The molecule has 0 N–H and O–H groups in total. The fraction of sp³-hybridized carbons (Fsp3) is 0.105. The van der Waals surface area contributed by atoms with Crippen LogP contribution in [-0.4, -0.2) is 12.6 Å². The molecule has 0 atom stereocenters. The number of terminal acetylenes is 1. The molecule has 0 aliphatic rings. The number of carbonyl (C=O) groups is 1. The normalized spacial score (nSPS) is 10.4. The molecular formula is C19H14ClFO3. The molecule has 2 aromatic rings. The van der Waals surface area contributed by atoms with Crippen LogP contribution in [0.5, 0.6) is 5.75 Å². The van der Waals surface area contributed by atoms with E-state index in [1.54, 1.807) is 36.4 Å². The van der Waals surface area contributed by atoms with Gasteiger partial charge in [-0.05, 0) is 41.5 Å². The average Bonchev–Trinajstić information content (AvgIpc) is 2.57. The van der Waals surface area contributed by atoms with Crippen LogP contribution in [-0.2, 0) is 16.1 Å². The summed E-state index contributed by atoms with van der Waals surface area (Å²) in [7, 11) is 0. The molecule has 2 aromatic carbocycles. The number of hydrogen-bond donors (Lipinski definition) is 0. The van der Waals surface area contributed by atoms with Crippen molar-refractivity contribution < 1.29 is 18.7 Å². The standard InChI is InChI=1S/C19H14ClFO3/c1-2-10-23-19(22)9-7-14-6-8-18(17(20)12-14)24-13-15-4-3-5-16(21)11-15/h1,3-9,11-12H,10,13H2/b9-7+. The molecule has 0 fully saturated rings. The lowest BCUT2D eigenvalue weighted by Gasteiger charge is -2.09. The van der Waals surface area contributed by atoms with E-state index in [9.17, 15) is 9.18 Å². The minimum atomic E-state index is -0.532. The van der Waals surface area contributed by atoms with Gasteiger partial charge >= 0.3 is 5.97 Å². The summed E-state index contributed by atoms with van der Waals surface area (Å²) in [5.74, 6) is 1.82. The highest BCUT2D eigenvalue weighted by molar-refractivity contribution is 6.32. The Bertz CT molecular complexity index is 793. The van der Waals surface area contributed by atoms with E-state index in [0.717, 1.165) is 0 Å². The van der Waals surface area contributed by atoms with E-state index in [0.29, 0.717) is 21.9 Å². The van der Waals surface area contributed by atoms with Gasteiger partial charge in [0.1, 0.15) is 18.2 Å². The molecule has 0 bridgehead atoms. The quantitative estimate of drug-likeness (QED) is 0.446. The molecule has 0 saturated heterocycles. The van der Waals surface area contributed by atoms with Crippen LogP contribution in [0.1, 0.15) is 11.1 Å². The number of carbonyl (C=O) groups excluding carboxylic acids is 1. The van der Waals surface area contributed by atoms with E-state index in [2.05, 4.69) is 5.92 Å². The molecule has 0 aliphatic heterocycles. The summed E-state index contributed by atoms with van der Waals surface area (Å²) >= 11 is 6.15. The van der Waals surface area contributed by atoms with E-state index in [4.69, 9.17) is 27.5 Å².